The fraction of sp³-hybridized carbons (Fsp3) is 0.286. The van der Waals surface area contributed by atoms with E-state index in [-0.39, 0.29) is 5.56 Å². The van der Waals surface area contributed by atoms with Crippen LogP contribution >= 0.6 is 28.1 Å². The highest BCUT2D eigenvalue weighted by Gasteiger charge is 2.19. The van der Waals surface area contributed by atoms with Crippen molar-refractivity contribution in [3.63, 3.8) is 0 Å². The highest BCUT2D eigenvalue weighted by atomic mass is 79.9. The first-order valence-electron chi connectivity index (χ1n) is 6.43. The maximum absolute atomic E-state index is 11.8. The van der Waals surface area contributed by atoms with Crippen LogP contribution in [-0.4, -0.2) is 21.4 Å². The molecule has 3 rings (SSSR count). The molecule has 0 amide bonds. The molecule has 0 saturated heterocycles. The lowest BCUT2D eigenvalue weighted by Gasteiger charge is -2.28. The lowest BCUT2D eigenvalue weighted by molar-refractivity contribution is 0.240. The summed E-state index contributed by atoms with van der Waals surface area (Å²) < 4.78 is 1.51. The Balaban J connectivity index is 1.84. The van der Waals surface area contributed by atoms with Crippen molar-refractivity contribution in [3.8, 4) is 0 Å². The zero-order chi connectivity index (χ0) is 14.1. The molecule has 0 fully saturated rings. The Labute approximate surface area is 130 Å². The number of benzene rings is 1. The van der Waals surface area contributed by atoms with Gasteiger partial charge in [0.15, 0.2) is 4.77 Å². The first kappa shape index (κ1) is 13.7. The quantitative estimate of drug-likeness (QED) is 0.818. The number of rotatable bonds is 2. The fourth-order valence-corrected chi connectivity index (χ4v) is 3.16. The van der Waals surface area contributed by atoms with Gasteiger partial charge in [0.2, 0.25) is 0 Å². The molecule has 2 heterocycles. The van der Waals surface area contributed by atoms with E-state index in [0.717, 1.165) is 41.8 Å². The largest absolute Gasteiger partial charge is 0.334 e. The zero-order valence-electron chi connectivity index (χ0n) is 10.8. The predicted molar refractivity (Wildman–Crippen MR) is 84.2 cm³/mol. The van der Waals surface area contributed by atoms with Crippen molar-refractivity contribution in [2.75, 3.05) is 6.54 Å². The molecule has 0 aliphatic carbocycles. The second-order valence-electron chi connectivity index (χ2n) is 4.92. The van der Waals surface area contributed by atoms with Crippen molar-refractivity contribution >= 4 is 28.1 Å². The SMILES string of the molecule is O=c1[nH]c(=S)[nH]c2c1CCN(Cc1ccccc1Br)C2. The number of fused-ring (bicyclic) bond motifs is 1. The van der Waals surface area contributed by atoms with Gasteiger partial charge in [-0.25, -0.2) is 0 Å². The molecule has 0 radical (unpaired) electrons. The van der Waals surface area contributed by atoms with Gasteiger partial charge in [0.1, 0.15) is 0 Å². The summed E-state index contributed by atoms with van der Waals surface area (Å²) in [6, 6.07) is 8.21. The monoisotopic (exact) mass is 351 g/mol. The molecule has 0 bridgehead atoms. The van der Waals surface area contributed by atoms with Gasteiger partial charge < -0.3 is 4.98 Å². The molecule has 1 aromatic carbocycles. The molecule has 1 aromatic heterocycles. The van der Waals surface area contributed by atoms with Crippen molar-refractivity contribution in [3.05, 3.63) is 60.7 Å². The van der Waals surface area contributed by atoms with Crippen LogP contribution in [0, 0.1) is 4.77 Å². The molecule has 0 atom stereocenters. The normalized spacial score (nSPS) is 15.1. The third-order valence-electron chi connectivity index (χ3n) is 3.54. The maximum Gasteiger partial charge on any atom is 0.255 e. The molecule has 6 heteroatoms. The van der Waals surface area contributed by atoms with E-state index in [2.05, 4.69) is 36.9 Å². The van der Waals surface area contributed by atoms with Crippen LogP contribution in [0.15, 0.2) is 33.5 Å². The smallest absolute Gasteiger partial charge is 0.255 e. The van der Waals surface area contributed by atoms with Crippen molar-refractivity contribution < 1.29 is 0 Å². The number of halogens is 1. The number of aromatic amines is 2. The van der Waals surface area contributed by atoms with Crippen LogP contribution in [0.3, 0.4) is 0 Å². The average molecular weight is 352 g/mol. The summed E-state index contributed by atoms with van der Waals surface area (Å²) in [5, 5.41) is 0. The molecule has 20 heavy (non-hydrogen) atoms. The Bertz CT molecular complexity index is 753. The van der Waals surface area contributed by atoms with Gasteiger partial charge in [0.25, 0.3) is 5.56 Å². The Morgan fingerprint density at radius 3 is 2.90 bits per heavy atom. The summed E-state index contributed by atoms with van der Waals surface area (Å²) in [6.07, 6.45) is 0.751. The average Bonchev–Trinajstić information content (AvgIpc) is 2.41. The van der Waals surface area contributed by atoms with E-state index in [0.29, 0.717) is 4.77 Å². The van der Waals surface area contributed by atoms with Gasteiger partial charge in [-0.1, -0.05) is 34.1 Å². The minimum Gasteiger partial charge on any atom is -0.334 e. The number of hydrogen-bond donors (Lipinski definition) is 2. The van der Waals surface area contributed by atoms with Crippen molar-refractivity contribution in [2.24, 2.45) is 0 Å². The summed E-state index contributed by atoms with van der Waals surface area (Å²) in [7, 11) is 0. The molecular weight excluding hydrogens is 338 g/mol. The fourth-order valence-electron chi connectivity index (χ4n) is 2.53. The standard InChI is InChI=1S/C14H14BrN3OS/c15-11-4-2-1-3-9(11)7-18-6-5-10-12(8-18)16-14(20)17-13(10)19/h1-4H,5-8H2,(H2,16,17,19,20). The zero-order valence-corrected chi connectivity index (χ0v) is 13.2. The van der Waals surface area contributed by atoms with Gasteiger partial charge in [-0.05, 0) is 30.3 Å². The van der Waals surface area contributed by atoms with Gasteiger partial charge in [-0.2, -0.15) is 0 Å². The topological polar surface area (TPSA) is 51.9 Å². The minimum absolute atomic E-state index is 0.0516. The molecule has 2 aromatic rings. The number of nitrogens with zero attached hydrogens (tertiary/aromatic N) is 1. The molecule has 1 aliphatic rings. The lowest BCUT2D eigenvalue weighted by Crippen LogP contribution is -2.34. The Morgan fingerprint density at radius 2 is 2.10 bits per heavy atom. The van der Waals surface area contributed by atoms with Crippen LogP contribution < -0.4 is 5.56 Å². The number of aromatic nitrogens is 2. The van der Waals surface area contributed by atoms with Crippen LogP contribution in [0.4, 0.5) is 0 Å². The number of H-pyrrole nitrogens is 2. The van der Waals surface area contributed by atoms with Crippen molar-refractivity contribution in [1.29, 1.82) is 0 Å². The van der Waals surface area contributed by atoms with Crippen molar-refractivity contribution in [2.45, 2.75) is 19.5 Å². The van der Waals surface area contributed by atoms with E-state index >= 15 is 0 Å². The molecule has 2 N–H and O–H groups in total. The second-order valence-corrected chi connectivity index (χ2v) is 6.18. The Hall–Kier alpha value is -1.24. The highest BCUT2D eigenvalue weighted by Crippen LogP contribution is 2.21. The van der Waals surface area contributed by atoms with Gasteiger partial charge in [0.05, 0.1) is 0 Å². The van der Waals surface area contributed by atoms with Crippen LogP contribution in [0.1, 0.15) is 16.8 Å². The van der Waals surface area contributed by atoms with Crippen LogP contribution in [0.2, 0.25) is 0 Å². The van der Waals surface area contributed by atoms with E-state index in [1.165, 1.54) is 5.56 Å². The Kier molecular flexibility index (Phi) is 3.87. The third-order valence-corrected chi connectivity index (χ3v) is 4.52. The van der Waals surface area contributed by atoms with Crippen LogP contribution in [0.5, 0.6) is 0 Å². The number of nitrogens with one attached hydrogen (secondary N) is 2. The molecule has 4 nitrogen and oxygen atoms in total. The summed E-state index contributed by atoms with van der Waals surface area (Å²) >= 11 is 8.61. The molecule has 0 saturated carbocycles. The maximum atomic E-state index is 11.8. The minimum atomic E-state index is -0.0516. The Morgan fingerprint density at radius 1 is 1.30 bits per heavy atom. The van der Waals surface area contributed by atoms with Crippen LogP contribution in [-0.2, 0) is 19.5 Å². The van der Waals surface area contributed by atoms with Gasteiger partial charge >= 0.3 is 0 Å². The van der Waals surface area contributed by atoms with E-state index in [1.54, 1.807) is 0 Å². The molecule has 1 aliphatic heterocycles. The predicted octanol–water partition coefficient (Wildman–Crippen LogP) is 2.75. The van der Waals surface area contributed by atoms with Gasteiger partial charge in [0, 0.05) is 35.4 Å². The van der Waals surface area contributed by atoms with E-state index < -0.39 is 0 Å². The molecule has 104 valence electrons. The summed E-state index contributed by atoms with van der Waals surface area (Å²) in [5.41, 5.74) is 2.97. The number of hydrogen-bond acceptors (Lipinski definition) is 3. The summed E-state index contributed by atoms with van der Waals surface area (Å²) in [4.78, 5) is 19.9. The van der Waals surface area contributed by atoms with E-state index in [4.69, 9.17) is 12.2 Å². The second kappa shape index (κ2) is 5.63. The first-order valence-corrected chi connectivity index (χ1v) is 7.64. The first-order chi connectivity index (χ1) is 9.63. The van der Waals surface area contributed by atoms with Gasteiger partial charge in [-0.3, -0.25) is 14.7 Å². The van der Waals surface area contributed by atoms with Crippen molar-refractivity contribution in [1.82, 2.24) is 14.9 Å². The third kappa shape index (κ3) is 2.77. The van der Waals surface area contributed by atoms with E-state index in [9.17, 15) is 4.79 Å². The molecular formula is C14H14BrN3OS. The molecule has 0 unspecified atom stereocenters. The lowest BCUT2D eigenvalue weighted by atomic mass is 10.1. The molecule has 0 spiro atoms. The highest BCUT2D eigenvalue weighted by molar-refractivity contribution is 9.10. The van der Waals surface area contributed by atoms with Crippen LogP contribution in [0.25, 0.3) is 0 Å². The summed E-state index contributed by atoms with van der Waals surface area (Å²) in [6.45, 7) is 2.46. The summed E-state index contributed by atoms with van der Waals surface area (Å²) in [5.74, 6) is 0. The van der Waals surface area contributed by atoms with E-state index in [1.807, 2.05) is 18.2 Å². The van der Waals surface area contributed by atoms with Gasteiger partial charge in [-0.15, -0.1) is 0 Å².